The van der Waals surface area contributed by atoms with E-state index < -0.39 is 10.0 Å². The van der Waals surface area contributed by atoms with Gasteiger partial charge in [0.2, 0.25) is 11.8 Å². The molecule has 1 fully saturated rings. The number of amides is 2. The molecule has 1 heterocycles. The Bertz CT molecular complexity index is 1070. The molecule has 2 aromatic rings. The number of hydrogen-bond donors (Lipinski definition) is 2. The number of nitrogens with zero attached hydrogens (tertiary/aromatic N) is 1. The molecular weight excluding hydrogens is 438 g/mol. The number of carbonyl (C=O) groups is 2. The number of sulfonamides is 1. The van der Waals surface area contributed by atoms with Crippen LogP contribution in [0.15, 0.2) is 59.5 Å². The summed E-state index contributed by atoms with van der Waals surface area (Å²) in [5.74, 6) is -0.0661. The highest BCUT2D eigenvalue weighted by Gasteiger charge is 2.19. The minimum absolute atomic E-state index is 0.0884. The lowest BCUT2D eigenvalue weighted by Crippen LogP contribution is -2.29. The number of rotatable bonds is 9. The third-order valence-electron chi connectivity index (χ3n) is 4.81. The van der Waals surface area contributed by atoms with Crippen molar-refractivity contribution in [3.05, 3.63) is 65.2 Å². The second-order valence-corrected chi connectivity index (χ2v) is 9.21. The van der Waals surface area contributed by atoms with Crippen molar-refractivity contribution in [2.75, 3.05) is 24.4 Å². The average Bonchev–Trinajstić information content (AvgIpc) is 3.16. The van der Waals surface area contributed by atoms with Gasteiger partial charge in [-0.15, -0.1) is 0 Å². The van der Waals surface area contributed by atoms with E-state index in [9.17, 15) is 18.0 Å². The Hall–Kier alpha value is -2.84. The fourth-order valence-corrected chi connectivity index (χ4v) is 4.48. The Balaban J connectivity index is 1.49. The van der Waals surface area contributed by atoms with Crippen LogP contribution in [0, 0.1) is 0 Å². The molecule has 1 aliphatic heterocycles. The van der Waals surface area contributed by atoms with Crippen molar-refractivity contribution < 1.29 is 18.0 Å². The van der Waals surface area contributed by atoms with E-state index >= 15 is 0 Å². The smallest absolute Gasteiger partial charge is 0.261 e. The highest BCUT2D eigenvalue weighted by Crippen LogP contribution is 2.24. The van der Waals surface area contributed by atoms with Crippen molar-refractivity contribution in [1.29, 1.82) is 0 Å². The number of halogens is 1. The highest BCUT2D eigenvalue weighted by molar-refractivity contribution is 7.92. The molecule has 2 amide bonds. The van der Waals surface area contributed by atoms with Crippen molar-refractivity contribution >= 4 is 45.2 Å². The molecule has 0 radical (unpaired) electrons. The highest BCUT2D eigenvalue weighted by atomic mass is 35.5. The molecule has 0 unspecified atom stereocenters. The molecule has 0 aliphatic carbocycles. The number of likely N-dealkylation sites (tertiary alicyclic amines) is 1. The summed E-state index contributed by atoms with van der Waals surface area (Å²) >= 11 is 6.01. The third kappa shape index (κ3) is 6.57. The lowest BCUT2D eigenvalue weighted by atomic mass is 10.2. The predicted octanol–water partition coefficient (Wildman–Crippen LogP) is 3.28. The summed E-state index contributed by atoms with van der Waals surface area (Å²) in [7, 11) is -3.78. The Labute approximate surface area is 187 Å². The lowest BCUT2D eigenvalue weighted by Gasteiger charge is -2.14. The van der Waals surface area contributed by atoms with Gasteiger partial charge in [-0.3, -0.25) is 14.3 Å². The molecule has 7 nitrogen and oxygen atoms in total. The van der Waals surface area contributed by atoms with Crippen LogP contribution in [0.3, 0.4) is 0 Å². The van der Waals surface area contributed by atoms with Gasteiger partial charge in [0.1, 0.15) is 0 Å². The summed E-state index contributed by atoms with van der Waals surface area (Å²) in [6, 6.07) is 12.7. The summed E-state index contributed by atoms with van der Waals surface area (Å²) in [6.07, 6.45) is 5.23. The van der Waals surface area contributed by atoms with E-state index in [1.807, 2.05) is 4.90 Å². The zero-order chi connectivity index (χ0) is 22.3. The molecule has 0 atom stereocenters. The summed E-state index contributed by atoms with van der Waals surface area (Å²) in [5.41, 5.74) is 0.994. The number of anilines is 1. The first kappa shape index (κ1) is 22.8. The van der Waals surface area contributed by atoms with Crippen LogP contribution >= 0.6 is 11.6 Å². The van der Waals surface area contributed by atoms with Crippen molar-refractivity contribution in [1.82, 2.24) is 10.2 Å². The molecule has 0 bridgehead atoms. The van der Waals surface area contributed by atoms with E-state index in [-0.39, 0.29) is 16.7 Å². The molecular formula is C22H24ClN3O4S. The van der Waals surface area contributed by atoms with Gasteiger partial charge in [-0.05, 0) is 48.7 Å². The van der Waals surface area contributed by atoms with Crippen molar-refractivity contribution in [2.45, 2.75) is 24.2 Å². The van der Waals surface area contributed by atoms with Crippen molar-refractivity contribution in [2.24, 2.45) is 0 Å². The zero-order valence-corrected chi connectivity index (χ0v) is 18.5. The van der Waals surface area contributed by atoms with E-state index in [0.29, 0.717) is 42.2 Å². The van der Waals surface area contributed by atoms with Gasteiger partial charge in [0, 0.05) is 32.1 Å². The SMILES string of the molecule is O=C(/C=C/c1ccc(S(=O)(=O)Nc2ccccc2Cl)cc1)NCCCN1CCCC1=O. The fraction of sp³-hybridized carbons (Fsp3) is 0.273. The number of carbonyl (C=O) groups excluding carboxylic acids is 2. The summed E-state index contributed by atoms with van der Waals surface area (Å²) in [5, 5.41) is 3.09. The van der Waals surface area contributed by atoms with Gasteiger partial charge in [0.25, 0.3) is 10.0 Å². The Morgan fingerprint density at radius 3 is 2.55 bits per heavy atom. The zero-order valence-electron chi connectivity index (χ0n) is 16.9. The van der Waals surface area contributed by atoms with Crippen LogP contribution < -0.4 is 10.0 Å². The standard InChI is InChI=1S/C22H24ClN3O4S/c23-19-5-1-2-6-20(19)25-31(29,30)18-11-8-17(9-12-18)10-13-21(27)24-14-4-16-26-15-3-7-22(26)28/h1-2,5-6,8-13,25H,3-4,7,14-16H2,(H,24,27)/b13-10+. The Morgan fingerprint density at radius 1 is 1.13 bits per heavy atom. The van der Waals surface area contributed by atoms with Gasteiger partial charge < -0.3 is 10.2 Å². The van der Waals surface area contributed by atoms with Gasteiger partial charge in [0.05, 0.1) is 15.6 Å². The van der Waals surface area contributed by atoms with E-state index in [1.54, 1.807) is 42.5 Å². The van der Waals surface area contributed by atoms with Gasteiger partial charge >= 0.3 is 0 Å². The molecule has 31 heavy (non-hydrogen) atoms. The molecule has 2 N–H and O–H groups in total. The van der Waals surface area contributed by atoms with Gasteiger partial charge in [-0.25, -0.2) is 8.42 Å². The molecule has 2 aromatic carbocycles. The van der Waals surface area contributed by atoms with Crippen LogP contribution in [0.5, 0.6) is 0 Å². The van der Waals surface area contributed by atoms with E-state index in [0.717, 1.165) is 13.0 Å². The Kier molecular flexibility index (Phi) is 7.70. The third-order valence-corrected chi connectivity index (χ3v) is 6.52. The van der Waals surface area contributed by atoms with Crippen molar-refractivity contribution in [3.8, 4) is 0 Å². The van der Waals surface area contributed by atoms with E-state index in [4.69, 9.17) is 11.6 Å². The maximum Gasteiger partial charge on any atom is 0.261 e. The first-order valence-corrected chi connectivity index (χ1v) is 11.8. The number of benzene rings is 2. The second-order valence-electron chi connectivity index (χ2n) is 7.12. The topological polar surface area (TPSA) is 95.6 Å². The van der Waals surface area contributed by atoms with Crippen LogP contribution in [-0.4, -0.2) is 44.8 Å². The molecule has 3 rings (SSSR count). The van der Waals surface area contributed by atoms with E-state index in [1.165, 1.54) is 18.2 Å². The summed E-state index contributed by atoms with van der Waals surface area (Å²) < 4.78 is 27.5. The summed E-state index contributed by atoms with van der Waals surface area (Å²) in [4.78, 5) is 25.4. The van der Waals surface area contributed by atoms with Crippen LogP contribution in [0.4, 0.5) is 5.69 Å². The molecule has 0 aromatic heterocycles. The van der Waals surface area contributed by atoms with Gasteiger partial charge in [-0.2, -0.15) is 0 Å². The lowest BCUT2D eigenvalue weighted by molar-refractivity contribution is -0.127. The maximum atomic E-state index is 12.5. The van der Waals surface area contributed by atoms with Gasteiger partial charge in [-0.1, -0.05) is 35.9 Å². The molecule has 1 saturated heterocycles. The first-order valence-electron chi connectivity index (χ1n) is 9.96. The van der Waals surface area contributed by atoms with Crippen LogP contribution in [-0.2, 0) is 19.6 Å². The van der Waals surface area contributed by atoms with Gasteiger partial charge in [0.15, 0.2) is 0 Å². The first-order chi connectivity index (χ1) is 14.8. The van der Waals surface area contributed by atoms with Crippen LogP contribution in [0.1, 0.15) is 24.8 Å². The molecule has 9 heteroatoms. The minimum atomic E-state index is -3.78. The maximum absolute atomic E-state index is 12.5. The second kappa shape index (κ2) is 10.5. The molecule has 0 saturated carbocycles. The van der Waals surface area contributed by atoms with Crippen LogP contribution in [0.25, 0.3) is 6.08 Å². The van der Waals surface area contributed by atoms with Crippen LogP contribution in [0.2, 0.25) is 5.02 Å². The largest absolute Gasteiger partial charge is 0.352 e. The minimum Gasteiger partial charge on any atom is -0.352 e. The number of hydrogen-bond acceptors (Lipinski definition) is 4. The predicted molar refractivity (Wildman–Crippen MR) is 121 cm³/mol. The van der Waals surface area contributed by atoms with E-state index in [2.05, 4.69) is 10.0 Å². The average molecular weight is 462 g/mol. The fourth-order valence-electron chi connectivity index (χ4n) is 3.16. The van der Waals surface area contributed by atoms with Crippen molar-refractivity contribution in [3.63, 3.8) is 0 Å². The Morgan fingerprint density at radius 2 is 1.87 bits per heavy atom. The quantitative estimate of drug-likeness (QED) is 0.442. The molecule has 0 spiro atoms. The molecule has 1 aliphatic rings. The normalized spacial score (nSPS) is 14.2. The monoisotopic (exact) mass is 461 g/mol. The molecule has 164 valence electrons. The summed E-state index contributed by atoms with van der Waals surface area (Å²) in [6.45, 7) is 1.94. The number of para-hydroxylation sites is 1. The number of nitrogens with one attached hydrogen (secondary N) is 2.